The Bertz CT molecular complexity index is 357. The number of hydrogen-bond donors (Lipinski definition) is 0. The van der Waals surface area contributed by atoms with E-state index in [4.69, 9.17) is 18.9 Å². The van der Waals surface area contributed by atoms with Gasteiger partial charge in [0.1, 0.15) is 0 Å². The van der Waals surface area contributed by atoms with Gasteiger partial charge in [-0.25, -0.2) is 0 Å². The molecule has 2 saturated heterocycles. The molecule has 0 amide bonds. The molecule has 2 aliphatic heterocycles. The molecule has 1 spiro atoms. The molecule has 23 heavy (non-hydrogen) atoms. The predicted molar refractivity (Wildman–Crippen MR) is 91.2 cm³/mol. The minimum absolute atomic E-state index is 0.0572. The summed E-state index contributed by atoms with van der Waals surface area (Å²) in [6.07, 6.45) is 1.68. The fraction of sp³-hybridized carbons (Fsp3) is 1.00. The van der Waals surface area contributed by atoms with Crippen LogP contribution < -0.4 is 0 Å². The maximum atomic E-state index is 6.28. The molecule has 2 fully saturated rings. The molecule has 2 aliphatic rings. The minimum Gasteiger partial charge on any atom is -0.349 e. The fourth-order valence-electron chi connectivity index (χ4n) is 3.75. The normalized spacial score (nSPS) is 39.7. The van der Waals surface area contributed by atoms with E-state index in [9.17, 15) is 0 Å². The summed E-state index contributed by atoms with van der Waals surface area (Å²) in [4.78, 5) is 0. The molecule has 0 atom stereocenters. The number of ether oxygens (including phenoxy) is 4. The number of hydrogen-bond acceptors (Lipinski definition) is 4. The van der Waals surface area contributed by atoms with E-state index in [2.05, 4.69) is 55.4 Å². The standard InChI is InChI=1S/C19H36O4/c1-9-18(15(3,4)5)20-11-17(12-21-18)13-22-19(10-2,23-14-17)16(6,7)8/h9-14H2,1-8H3. The molecule has 4 nitrogen and oxygen atoms in total. The minimum atomic E-state index is -0.512. The van der Waals surface area contributed by atoms with Gasteiger partial charge >= 0.3 is 0 Å². The molecular weight excluding hydrogens is 292 g/mol. The van der Waals surface area contributed by atoms with Crippen LogP contribution in [0.25, 0.3) is 0 Å². The Morgan fingerprint density at radius 2 is 0.870 bits per heavy atom. The topological polar surface area (TPSA) is 36.9 Å². The van der Waals surface area contributed by atoms with Gasteiger partial charge < -0.3 is 18.9 Å². The Kier molecular flexibility index (Phi) is 4.98. The Morgan fingerprint density at radius 3 is 1.04 bits per heavy atom. The smallest absolute Gasteiger partial charge is 0.172 e. The molecule has 2 rings (SSSR count). The molecular formula is C19H36O4. The van der Waals surface area contributed by atoms with Crippen LogP contribution >= 0.6 is 0 Å². The molecule has 0 aromatic rings. The largest absolute Gasteiger partial charge is 0.349 e. The molecule has 0 bridgehead atoms. The maximum absolute atomic E-state index is 6.28. The van der Waals surface area contributed by atoms with Gasteiger partial charge in [-0.3, -0.25) is 0 Å². The summed E-state index contributed by atoms with van der Waals surface area (Å²) < 4.78 is 25.1. The first-order chi connectivity index (χ1) is 10.4. The van der Waals surface area contributed by atoms with Crippen molar-refractivity contribution in [2.24, 2.45) is 16.2 Å². The van der Waals surface area contributed by atoms with Crippen molar-refractivity contribution >= 4 is 0 Å². The van der Waals surface area contributed by atoms with Gasteiger partial charge in [0.05, 0.1) is 31.8 Å². The molecule has 0 unspecified atom stereocenters. The van der Waals surface area contributed by atoms with Crippen molar-refractivity contribution < 1.29 is 18.9 Å². The van der Waals surface area contributed by atoms with Crippen LogP contribution in [0.5, 0.6) is 0 Å². The monoisotopic (exact) mass is 328 g/mol. The zero-order valence-electron chi connectivity index (χ0n) is 16.4. The molecule has 0 aromatic heterocycles. The van der Waals surface area contributed by atoms with Crippen molar-refractivity contribution in [3.8, 4) is 0 Å². The van der Waals surface area contributed by atoms with Gasteiger partial charge in [0.25, 0.3) is 0 Å². The zero-order valence-corrected chi connectivity index (χ0v) is 16.4. The Balaban J connectivity index is 2.07. The first-order valence-corrected chi connectivity index (χ1v) is 9.01. The predicted octanol–water partition coefficient (Wildman–Crippen LogP) is 4.37. The van der Waals surface area contributed by atoms with Crippen molar-refractivity contribution in [2.45, 2.75) is 79.8 Å². The van der Waals surface area contributed by atoms with Crippen molar-refractivity contribution in [3.05, 3.63) is 0 Å². The van der Waals surface area contributed by atoms with Gasteiger partial charge in [0.2, 0.25) is 0 Å². The van der Waals surface area contributed by atoms with Gasteiger partial charge in [0.15, 0.2) is 11.6 Å². The average Bonchev–Trinajstić information content (AvgIpc) is 2.47. The average molecular weight is 328 g/mol. The van der Waals surface area contributed by atoms with Crippen LogP contribution in [0.15, 0.2) is 0 Å². The Morgan fingerprint density at radius 1 is 0.609 bits per heavy atom. The molecule has 136 valence electrons. The highest BCUT2D eigenvalue weighted by atomic mass is 16.7. The van der Waals surface area contributed by atoms with E-state index in [1.807, 2.05) is 0 Å². The van der Waals surface area contributed by atoms with Crippen LogP contribution in [-0.4, -0.2) is 38.0 Å². The van der Waals surface area contributed by atoms with E-state index < -0.39 is 11.6 Å². The second kappa shape index (κ2) is 5.98. The first-order valence-electron chi connectivity index (χ1n) is 9.01. The van der Waals surface area contributed by atoms with Gasteiger partial charge in [-0.15, -0.1) is 0 Å². The van der Waals surface area contributed by atoms with Crippen LogP contribution in [0.3, 0.4) is 0 Å². The summed E-state index contributed by atoms with van der Waals surface area (Å²) in [5.41, 5.74) is -0.301. The fourth-order valence-corrected chi connectivity index (χ4v) is 3.75. The third kappa shape index (κ3) is 3.20. The lowest BCUT2D eigenvalue weighted by molar-refractivity contribution is -0.401. The Hall–Kier alpha value is -0.160. The van der Waals surface area contributed by atoms with E-state index in [-0.39, 0.29) is 16.2 Å². The third-order valence-corrected chi connectivity index (χ3v) is 5.66. The molecule has 0 N–H and O–H groups in total. The summed E-state index contributed by atoms with van der Waals surface area (Å²) in [5, 5.41) is 0. The lowest BCUT2D eigenvalue weighted by Gasteiger charge is -2.56. The summed E-state index contributed by atoms with van der Waals surface area (Å²) >= 11 is 0. The van der Waals surface area contributed by atoms with E-state index in [1.54, 1.807) is 0 Å². The highest BCUT2D eigenvalue weighted by Gasteiger charge is 2.55. The summed E-state index contributed by atoms with van der Waals surface area (Å²) in [7, 11) is 0. The lowest BCUT2D eigenvalue weighted by atomic mass is 9.79. The van der Waals surface area contributed by atoms with Gasteiger partial charge in [-0.05, 0) is 12.8 Å². The quantitative estimate of drug-likeness (QED) is 0.754. The molecule has 4 heteroatoms. The Labute approximate surface area is 142 Å². The van der Waals surface area contributed by atoms with Crippen molar-refractivity contribution in [2.75, 3.05) is 26.4 Å². The van der Waals surface area contributed by atoms with E-state index in [1.165, 1.54) is 0 Å². The molecule has 0 saturated carbocycles. The maximum Gasteiger partial charge on any atom is 0.172 e. The second-order valence-corrected chi connectivity index (χ2v) is 9.37. The molecule has 0 radical (unpaired) electrons. The van der Waals surface area contributed by atoms with Crippen LogP contribution in [0, 0.1) is 16.2 Å². The summed E-state index contributed by atoms with van der Waals surface area (Å²) in [6, 6.07) is 0. The van der Waals surface area contributed by atoms with E-state index in [0.29, 0.717) is 26.4 Å². The SMILES string of the molecule is CCC1(C(C)(C)C)OCC2(CO1)COC(CC)(C(C)(C)C)OC2. The molecule has 0 aliphatic carbocycles. The second-order valence-electron chi connectivity index (χ2n) is 9.37. The molecule has 2 heterocycles. The summed E-state index contributed by atoms with van der Waals surface area (Å²) in [6.45, 7) is 19.8. The number of rotatable bonds is 2. The van der Waals surface area contributed by atoms with E-state index in [0.717, 1.165) is 12.8 Å². The van der Waals surface area contributed by atoms with Crippen LogP contribution in [0.2, 0.25) is 0 Å². The van der Waals surface area contributed by atoms with Crippen LogP contribution in [-0.2, 0) is 18.9 Å². The van der Waals surface area contributed by atoms with E-state index >= 15 is 0 Å². The van der Waals surface area contributed by atoms with Crippen molar-refractivity contribution in [1.29, 1.82) is 0 Å². The highest BCUT2D eigenvalue weighted by molar-refractivity contribution is 4.95. The third-order valence-electron chi connectivity index (χ3n) is 5.66. The first kappa shape index (κ1) is 19.2. The zero-order chi connectivity index (χ0) is 17.6. The summed E-state index contributed by atoms with van der Waals surface area (Å²) in [5.74, 6) is -1.02. The lowest BCUT2D eigenvalue weighted by Crippen LogP contribution is -2.63. The van der Waals surface area contributed by atoms with Crippen LogP contribution in [0.4, 0.5) is 0 Å². The van der Waals surface area contributed by atoms with Gasteiger partial charge in [-0.1, -0.05) is 55.4 Å². The molecule has 0 aromatic carbocycles. The van der Waals surface area contributed by atoms with Gasteiger partial charge in [-0.2, -0.15) is 0 Å². The van der Waals surface area contributed by atoms with Crippen LogP contribution in [0.1, 0.15) is 68.2 Å². The highest BCUT2D eigenvalue weighted by Crippen LogP contribution is 2.48. The van der Waals surface area contributed by atoms with Gasteiger partial charge in [0, 0.05) is 10.8 Å². The van der Waals surface area contributed by atoms with Crippen molar-refractivity contribution in [1.82, 2.24) is 0 Å². The van der Waals surface area contributed by atoms with Crippen molar-refractivity contribution in [3.63, 3.8) is 0 Å².